The number of methoxy groups -OCH3 is 1. The number of aliphatic hydroxyl groups is 1. The Morgan fingerprint density at radius 2 is 2.33 bits per heavy atom. The van der Waals surface area contributed by atoms with E-state index in [1.165, 1.54) is 7.11 Å². The number of carbonyl (C=O) groups is 2. The first-order valence-electron chi connectivity index (χ1n) is 5.07. The molecule has 1 saturated heterocycles. The van der Waals surface area contributed by atoms with E-state index in [-0.39, 0.29) is 18.0 Å². The van der Waals surface area contributed by atoms with Crippen LogP contribution in [-0.4, -0.2) is 35.9 Å². The normalized spacial score (nSPS) is 50.7. The highest BCUT2D eigenvalue weighted by Gasteiger charge is 2.71. The first-order valence-corrected chi connectivity index (χ1v) is 5.07. The maximum absolute atomic E-state index is 11.6. The van der Waals surface area contributed by atoms with Crippen LogP contribution < -0.4 is 0 Å². The summed E-state index contributed by atoms with van der Waals surface area (Å²) in [7, 11) is 1.27. The molecule has 0 aromatic heterocycles. The van der Waals surface area contributed by atoms with Gasteiger partial charge in [-0.2, -0.15) is 0 Å². The molecule has 0 radical (unpaired) electrons. The Morgan fingerprint density at radius 1 is 1.60 bits per heavy atom. The Labute approximate surface area is 86.4 Å². The Morgan fingerprint density at radius 3 is 3.00 bits per heavy atom. The highest BCUT2D eigenvalue weighted by molar-refractivity contribution is 5.86. The van der Waals surface area contributed by atoms with Gasteiger partial charge in [0.2, 0.25) is 0 Å². The number of hydrogen-bond acceptors (Lipinski definition) is 5. The van der Waals surface area contributed by atoms with Crippen LogP contribution in [0.15, 0.2) is 0 Å². The van der Waals surface area contributed by atoms with E-state index < -0.39 is 23.4 Å². The SMILES string of the molecule is COC(=O)C1C2C(=O)OC3CC1(O)CC32. The molecule has 2 aliphatic carbocycles. The zero-order valence-electron chi connectivity index (χ0n) is 8.30. The molecule has 15 heavy (non-hydrogen) atoms. The van der Waals surface area contributed by atoms with Crippen LogP contribution in [0.3, 0.4) is 0 Å². The highest BCUT2D eigenvalue weighted by atomic mass is 16.6. The number of ether oxygens (including phenoxy) is 2. The van der Waals surface area contributed by atoms with Crippen LogP contribution in [0, 0.1) is 17.8 Å². The highest BCUT2D eigenvalue weighted by Crippen LogP contribution is 2.60. The van der Waals surface area contributed by atoms with Crippen molar-refractivity contribution in [3.05, 3.63) is 0 Å². The van der Waals surface area contributed by atoms with Crippen molar-refractivity contribution >= 4 is 11.9 Å². The van der Waals surface area contributed by atoms with Crippen LogP contribution in [0.25, 0.3) is 0 Å². The van der Waals surface area contributed by atoms with Gasteiger partial charge in [-0.3, -0.25) is 9.59 Å². The maximum atomic E-state index is 11.6. The Hall–Kier alpha value is -1.10. The molecule has 82 valence electrons. The molecule has 1 heterocycles. The van der Waals surface area contributed by atoms with E-state index in [1.54, 1.807) is 0 Å². The van der Waals surface area contributed by atoms with E-state index >= 15 is 0 Å². The second kappa shape index (κ2) is 2.52. The van der Waals surface area contributed by atoms with Gasteiger partial charge >= 0.3 is 11.9 Å². The predicted octanol–water partition coefficient (Wildman–Crippen LogP) is -0.528. The van der Waals surface area contributed by atoms with Crippen molar-refractivity contribution in [3.63, 3.8) is 0 Å². The van der Waals surface area contributed by atoms with E-state index in [9.17, 15) is 14.7 Å². The molecular formula is C10H12O5. The summed E-state index contributed by atoms with van der Waals surface area (Å²) in [5, 5.41) is 10.3. The summed E-state index contributed by atoms with van der Waals surface area (Å²) >= 11 is 0. The summed E-state index contributed by atoms with van der Waals surface area (Å²) in [6.45, 7) is 0. The van der Waals surface area contributed by atoms with Gasteiger partial charge < -0.3 is 14.6 Å². The fourth-order valence-electron chi connectivity index (χ4n) is 3.48. The third-order valence-electron chi connectivity index (χ3n) is 4.02. The van der Waals surface area contributed by atoms with Gasteiger partial charge in [-0.05, 0) is 6.42 Å². The van der Waals surface area contributed by atoms with E-state index in [0.717, 1.165) is 0 Å². The average molecular weight is 212 g/mol. The monoisotopic (exact) mass is 212 g/mol. The fraction of sp³-hybridized carbons (Fsp3) is 0.800. The third-order valence-corrected chi connectivity index (χ3v) is 4.02. The van der Waals surface area contributed by atoms with Gasteiger partial charge in [0.1, 0.15) is 6.10 Å². The van der Waals surface area contributed by atoms with Gasteiger partial charge in [0, 0.05) is 12.3 Å². The minimum atomic E-state index is -1.08. The van der Waals surface area contributed by atoms with Gasteiger partial charge in [-0.15, -0.1) is 0 Å². The number of hydrogen-bond donors (Lipinski definition) is 1. The molecule has 5 atom stereocenters. The van der Waals surface area contributed by atoms with Gasteiger partial charge in [0.15, 0.2) is 0 Å². The molecule has 1 N–H and O–H groups in total. The third kappa shape index (κ3) is 0.916. The van der Waals surface area contributed by atoms with Crippen molar-refractivity contribution in [1.82, 2.24) is 0 Å². The molecule has 0 amide bonds. The second-order valence-electron chi connectivity index (χ2n) is 4.68. The van der Waals surface area contributed by atoms with E-state index in [2.05, 4.69) is 4.74 Å². The Balaban J connectivity index is 2.02. The molecule has 0 aromatic carbocycles. The van der Waals surface area contributed by atoms with Crippen LogP contribution in [0.5, 0.6) is 0 Å². The molecule has 5 unspecified atom stereocenters. The first kappa shape index (κ1) is 9.15. The van der Waals surface area contributed by atoms with Gasteiger partial charge in [-0.25, -0.2) is 0 Å². The first-order chi connectivity index (χ1) is 7.07. The predicted molar refractivity (Wildman–Crippen MR) is 46.5 cm³/mol. The standard InChI is InChI=1S/C10H12O5/c1-14-9(12)7-6-4-2-10(7,13)3-5(4)15-8(6)11/h4-7,13H,2-3H2,1H3. The molecule has 0 spiro atoms. The van der Waals surface area contributed by atoms with Crippen molar-refractivity contribution in [1.29, 1.82) is 0 Å². The maximum Gasteiger partial charge on any atom is 0.312 e. The van der Waals surface area contributed by atoms with Crippen molar-refractivity contribution < 1.29 is 24.2 Å². The van der Waals surface area contributed by atoms with Crippen LogP contribution in [-0.2, 0) is 19.1 Å². The van der Waals surface area contributed by atoms with Gasteiger partial charge in [0.25, 0.3) is 0 Å². The molecule has 3 fully saturated rings. The Kier molecular flexibility index (Phi) is 1.54. The van der Waals surface area contributed by atoms with E-state index in [0.29, 0.717) is 12.8 Å². The molecule has 3 aliphatic rings. The molecule has 0 aromatic rings. The molecule has 5 heteroatoms. The largest absolute Gasteiger partial charge is 0.469 e. The van der Waals surface area contributed by atoms with Gasteiger partial charge in [-0.1, -0.05) is 0 Å². The van der Waals surface area contributed by atoms with Crippen molar-refractivity contribution in [2.75, 3.05) is 7.11 Å². The minimum absolute atomic E-state index is 0.00611. The van der Waals surface area contributed by atoms with Crippen LogP contribution >= 0.6 is 0 Å². The van der Waals surface area contributed by atoms with Gasteiger partial charge in [0.05, 0.1) is 24.5 Å². The lowest BCUT2D eigenvalue weighted by Gasteiger charge is -2.28. The summed E-state index contributed by atoms with van der Waals surface area (Å²) in [5.74, 6) is -2.05. The van der Waals surface area contributed by atoms with Crippen molar-refractivity contribution in [2.45, 2.75) is 24.5 Å². The van der Waals surface area contributed by atoms with Crippen LogP contribution in [0.2, 0.25) is 0 Å². The molecule has 5 nitrogen and oxygen atoms in total. The zero-order chi connectivity index (χ0) is 10.8. The summed E-state index contributed by atoms with van der Waals surface area (Å²) in [6.07, 6.45) is 0.668. The molecule has 1 aliphatic heterocycles. The summed E-state index contributed by atoms with van der Waals surface area (Å²) in [6, 6.07) is 0. The lowest BCUT2D eigenvalue weighted by Crippen LogP contribution is -2.44. The van der Waals surface area contributed by atoms with E-state index in [1.807, 2.05) is 0 Å². The van der Waals surface area contributed by atoms with Crippen LogP contribution in [0.1, 0.15) is 12.8 Å². The Bertz CT molecular complexity index is 348. The topological polar surface area (TPSA) is 72.8 Å². The van der Waals surface area contributed by atoms with Crippen LogP contribution in [0.4, 0.5) is 0 Å². The fourth-order valence-corrected chi connectivity index (χ4v) is 3.48. The van der Waals surface area contributed by atoms with E-state index in [4.69, 9.17) is 4.74 Å². The second-order valence-corrected chi connectivity index (χ2v) is 4.68. The summed E-state index contributed by atoms with van der Waals surface area (Å²) in [4.78, 5) is 23.1. The van der Waals surface area contributed by atoms with Crippen molar-refractivity contribution in [2.24, 2.45) is 17.8 Å². The number of rotatable bonds is 1. The number of carbonyl (C=O) groups excluding carboxylic acids is 2. The molecule has 2 bridgehead atoms. The van der Waals surface area contributed by atoms with Crippen molar-refractivity contribution in [3.8, 4) is 0 Å². The lowest BCUT2D eigenvalue weighted by molar-refractivity contribution is -0.159. The molecule has 2 saturated carbocycles. The smallest absolute Gasteiger partial charge is 0.312 e. The zero-order valence-corrected chi connectivity index (χ0v) is 8.30. The average Bonchev–Trinajstić information content (AvgIpc) is 2.70. The molecular weight excluding hydrogens is 200 g/mol. The number of esters is 2. The quantitative estimate of drug-likeness (QED) is 0.592. The minimum Gasteiger partial charge on any atom is -0.469 e. The molecule has 3 rings (SSSR count). The summed E-state index contributed by atoms with van der Waals surface area (Å²) < 4.78 is 9.77. The summed E-state index contributed by atoms with van der Waals surface area (Å²) in [5.41, 5.74) is -1.08. The lowest BCUT2D eigenvalue weighted by atomic mass is 9.78. The number of fused-ring (bicyclic) bond motifs is 1.